The van der Waals surface area contributed by atoms with Gasteiger partial charge >= 0.3 is 0 Å². The second-order valence-corrected chi connectivity index (χ2v) is 4.05. The molecule has 0 aromatic rings. The van der Waals surface area contributed by atoms with Crippen molar-refractivity contribution >= 4 is 17.3 Å². The van der Waals surface area contributed by atoms with E-state index in [1.165, 1.54) is 32.1 Å². The van der Waals surface area contributed by atoms with Crippen LogP contribution in [0.4, 0.5) is 0 Å². The number of thiocarbonyl (C=S) groups is 1. The quantitative estimate of drug-likeness (QED) is 0.589. The zero-order valence-corrected chi connectivity index (χ0v) is 7.84. The Hall–Kier alpha value is -0.310. The summed E-state index contributed by atoms with van der Waals surface area (Å²) >= 11 is 4.81. The van der Waals surface area contributed by atoms with Crippen LogP contribution in [0.25, 0.3) is 0 Å². The normalized spacial score (nSPS) is 22.6. The Labute approximate surface area is 73.5 Å². The number of nitrogens with two attached hydrogens (primary N) is 1. The highest BCUT2D eigenvalue weighted by Gasteiger charge is 2.26. The van der Waals surface area contributed by atoms with Gasteiger partial charge in [0.1, 0.15) is 0 Å². The fourth-order valence-electron chi connectivity index (χ4n) is 1.75. The molecule has 0 radical (unpaired) electrons. The summed E-state index contributed by atoms with van der Waals surface area (Å²) in [5.41, 5.74) is 5.61. The van der Waals surface area contributed by atoms with E-state index in [2.05, 4.69) is 12.2 Å². The minimum Gasteiger partial charge on any atom is -0.376 e. The molecule has 0 aliphatic heterocycles. The molecule has 0 aromatic heterocycles. The minimum atomic E-state index is 0.185. The van der Waals surface area contributed by atoms with Gasteiger partial charge < -0.3 is 11.1 Å². The number of hydrogen-bond acceptors (Lipinski definition) is 1. The van der Waals surface area contributed by atoms with E-state index >= 15 is 0 Å². The van der Waals surface area contributed by atoms with Crippen LogP contribution >= 0.6 is 12.2 Å². The van der Waals surface area contributed by atoms with Crippen LogP contribution in [-0.2, 0) is 0 Å². The first-order chi connectivity index (χ1) is 5.12. The Bertz CT molecular complexity index is 150. The van der Waals surface area contributed by atoms with E-state index in [4.69, 9.17) is 18.0 Å². The van der Waals surface area contributed by atoms with Gasteiger partial charge in [-0.25, -0.2) is 0 Å². The van der Waals surface area contributed by atoms with Crippen molar-refractivity contribution < 1.29 is 0 Å². The van der Waals surface area contributed by atoms with Crippen LogP contribution in [-0.4, -0.2) is 10.7 Å². The Kier molecular flexibility index (Phi) is 2.71. The first kappa shape index (κ1) is 8.78. The third kappa shape index (κ3) is 2.66. The molecule has 0 spiro atoms. The van der Waals surface area contributed by atoms with Crippen LogP contribution in [0.5, 0.6) is 0 Å². The smallest absolute Gasteiger partial charge is 0.164 e. The second-order valence-electron chi connectivity index (χ2n) is 3.61. The van der Waals surface area contributed by atoms with Gasteiger partial charge in [0.2, 0.25) is 0 Å². The summed E-state index contributed by atoms with van der Waals surface area (Å²) in [5, 5.41) is 3.61. The third-order valence-corrected chi connectivity index (χ3v) is 2.48. The van der Waals surface area contributed by atoms with Crippen LogP contribution in [0.3, 0.4) is 0 Å². The molecular weight excluding hydrogens is 156 g/mol. The molecule has 0 saturated heterocycles. The first-order valence-corrected chi connectivity index (χ1v) is 4.61. The van der Waals surface area contributed by atoms with Gasteiger partial charge in [-0.2, -0.15) is 0 Å². The number of nitrogens with one attached hydrogen (secondary N) is 1. The van der Waals surface area contributed by atoms with Gasteiger partial charge in [-0.1, -0.05) is 19.3 Å². The van der Waals surface area contributed by atoms with Gasteiger partial charge in [-0.15, -0.1) is 0 Å². The fraction of sp³-hybridized carbons (Fsp3) is 0.875. The van der Waals surface area contributed by atoms with Gasteiger partial charge in [0, 0.05) is 5.54 Å². The molecular formula is C8H16N2S. The predicted molar refractivity (Wildman–Crippen MR) is 51.4 cm³/mol. The molecule has 3 heteroatoms. The molecule has 0 aromatic carbocycles. The molecule has 0 heterocycles. The maximum absolute atomic E-state index is 5.43. The molecule has 1 saturated carbocycles. The molecule has 1 fully saturated rings. The Morgan fingerprint density at radius 1 is 1.36 bits per heavy atom. The molecule has 11 heavy (non-hydrogen) atoms. The highest BCUT2D eigenvalue weighted by Crippen LogP contribution is 2.27. The van der Waals surface area contributed by atoms with E-state index < -0.39 is 0 Å². The summed E-state index contributed by atoms with van der Waals surface area (Å²) in [6.45, 7) is 2.20. The third-order valence-electron chi connectivity index (χ3n) is 2.38. The summed E-state index contributed by atoms with van der Waals surface area (Å²) in [5.74, 6) is 0. The maximum atomic E-state index is 5.43. The van der Waals surface area contributed by atoms with Crippen LogP contribution < -0.4 is 11.1 Å². The monoisotopic (exact) mass is 172 g/mol. The average Bonchev–Trinajstić information content (AvgIpc) is 1.85. The molecule has 2 nitrogen and oxygen atoms in total. The van der Waals surface area contributed by atoms with Crippen molar-refractivity contribution in [2.45, 2.75) is 44.6 Å². The average molecular weight is 172 g/mol. The first-order valence-electron chi connectivity index (χ1n) is 4.20. The van der Waals surface area contributed by atoms with E-state index in [0.717, 1.165) is 0 Å². The van der Waals surface area contributed by atoms with Crippen LogP contribution in [0.15, 0.2) is 0 Å². The molecule has 0 amide bonds. The van der Waals surface area contributed by atoms with E-state index in [9.17, 15) is 0 Å². The van der Waals surface area contributed by atoms with Gasteiger partial charge in [-0.05, 0) is 32.0 Å². The van der Waals surface area contributed by atoms with E-state index in [1.54, 1.807) is 0 Å². The molecule has 1 aliphatic rings. The maximum Gasteiger partial charge on any atom is 0.164 e. The Morgan fingerprint density at radius 3 is 2.36 bits per heavy atom. The summed E-state index contributed by atoms with van der Waals surface area (Å²) in [7, 11) is 0. The largest absolute Gasteiger partial charge is 0.376 e. The molecule has 0 bridgehead atoms. The summed E-state index contributed by atoms with van der Waals surface area (Å²) in [6, 6.07) is 0. The minimum absolute atomic E-state index is 0.185. The SMILES string of the molecule is CC1(NC(N)=S)CCCCC1. The van der Waals surface area contributed by atoms with Gasteiger partial charge in [0.05, 0.1) is 0 Å². The lowest BCUT2D eigenvalue weighted by Crippen LogP contribution is -2.49. The van der Waals surface area contributed by atoms with E-state index in [1.807, 2.05) is 0 Å². The highest BCUT2D eigenvalue weighted by atomic mass is 32.1. The molecule has 0 atom stereocenters. The van der Waals surface area contributed by atoms with Crippen LogP contribution in [0, 0.1) is 0 Å². The van der Waals surface area contributed by atoms with Crippen molar-refractivity contribution in [1.82, 2.24) is 5.32 Å². The molecule has 1 aliphatic carbocycles. The van der Waals surface area contributed by atoms with Crippen molar-refractivity contribution in [3.8, 4) is 0 Å². The summed E-state index contributed by atoms with van der Waals surface area (Å²) in [4.78, 5) is 0. The second kappa shape index (κ2) is 3.39. The van der Waals surface area contributed by atoms with Gasteiger partial charge in [0.25, 0.3) is 0 Å². The predicted octanol–water partition coefficient (Wildman–Crippen LogP) is 1.54. The van der Waals surface area contributed by atoms with Crippen LogP contribution in [0.2, 0.25) is 0 Å². The standard InChI is InChI=1S/C8H16N2S/c1-8(10-7(9)11)5-3-2-4-6-8/h2-6H2,1H3,(H3,9,10,11). The highest BCUT2D eigenvalue weighted by molar-refractivity contribution is 7.80. The molecule has 3 N–H and O–H groups in total. The van der Waals surface area contributed by atoms with E-state index in [-0.39, 0.29) is 5.54 Å². The van der Waals surface area contributed by atoms with Gasteiger partial charge in [0.15, 0.2) is 5.11 Å². The van der Waals surface area contributed by atoms with Gasteiger partial charge in [-0.3, -0.25) is 0 Å². The lowest BCUT2D eigenvalue weighted by molar-refractivity contribution is 0.291. The fourth-order valence-corrected chi connectivity index (χ4v) is 2.00. The lowest BCUT2D eigenvalue weighted by atomic mass is 9.83. The Balaban J connectivity index is 2.43. The topological polar surface area (TPSA) is 38.0 Å². The molecule has 0 unspecified atom stereocenters. The Morgan fingerprint density at radius 2 is 1.91 bits per heavy atom. The molecule has 64 valence electrons. The van der Waals surface area contributed by atoms with Crippen molar-refractivity contribution in [3.05, 3.63) is 0 Å². The van der Waals surface area contributed by atoms with Crippen molar-refractivity contribution in [2.75, 3.05) is 0 Å². The lowest BCUT2D eigenvalue weighted by Gasteiger charge is -2.34. The van der Waals surface area contributed by atoms with Crippen molar-refractivity contribution in [3.63, 3.8) is 0 Å². The zero-order valence-electron chi connectivity index (χ0n) is 7.02. The van der Waals surface area contributed by atoms with E-state index in [0.29, 0.717) is 5.11 Å². The number of rotatable bonds is 1. The zero-order chi connectivity index (χ0) is 8.32. The summed E-state index contributed by atoms with van der Waals surface area (Å²) < 4.78 is 0. The van der Waals surface area contributed by atoms with Crippen LogP contribution in [0.1, 0.15) is 39.0 Å². The summed E-state index contributed by atoms with van der Waals surface area (Å²) in [6.07, 6.45) is 6.35. The number of hydrogen-bond donors (Lipinski definition) is 2. The van der Waals surface area contributed by atoms with Crippen molar-refractivity contribution in [1.29, 1.82) is 0 Å². The van der Waals surface area contributed by atoms with Crippen molar-refractivity contribution in [2.24, 2.45) is 5.73 Å². The molecule has 1 rings (SSSR count).